The molecule has 2 rings (SSSR count). The van der Waals surface area contributed by atoms with Gasteiger partial charge in [0.1, 0.15) is 6.54 Å². The van der Waals surface area contributed by atoms with Gasteiger partial charge in [0.2, 0.25) is 5.91 Å². The molecular weight excluding hydrogens is 250 g/mol. The van der Waals surface area contributed by atoms with Crippen LogP contribution >= 0.6 is 0 Å². The predicted octanol–water partition coefficient (Wildman–Crippen LogP) is -0.611. The lowest BCUT2D eigenvalue weighted by Gasteiger charge is -2.12. The topological polar surface area (TPSA) is 101 Å². The Morgan fingerprint density at radius 1 is 1.47 bits per heavy atom. The maximum absolute atomic E-state index is 11.7. The number of carbonyl (C=O) groups is 2. The third-order valence-corrected chi connectivity index (χ3v) is 2.84. The van der Waals surface area contributed by atoms with Gasteiger partial charge >= 0.3 is 11.7 Å². The number of carboxylic acids is 1. The predicted molar refractivity (Wildman–Crippen MR) is 65.3 cm³/mol. The van der Waals surface area contributed by atoms with Crippen molar-refractivity contribution in [2.75, 3.05) is 0 Å². The summed E-state index contributed by atoms with van der Waals surface area (Å²) < 4.78 is 1.18. The molecule has 7 nitrogen and oxygen atoms in total. The molecule has 100 valence electrons. The average molecular weight is 263 g/mol. The first-order valence-electron chi connectivity index (χ1n) is 5.78. The summed E-state index contributed by atoms with van der Waals surface area (Å²) in [6.07, 6.45) is 6.38. The van der Waals surface area contributed by atoms with Gasteiger partial charge in [0.25, 0.3) is 0 Å². The van der Waals surface area contributed by atoms with Gasteiger partial charge < -0.3 is 10.4 Å². The van der Waals surface area contributed by atoms with Gasteiger partial charge in [-0.05, 0) is 12.5 Å². The van der Waals surface area contributed by atoms with Crippen LogP contribution in [0.3, 0.4) is 0 Å². The number of amides is 1. The minimum Gasteiger partial charge on any atom is -0.481 e. The van der Waals surface area contributed by atoms with Gasteiger partial charge in [-0.2, -0.15) is 0 Å². The van der Waals surface area contributed by atoms with Crippen molar-refractivity contribution in [3.05, 3.63) is 41.1 Å². The second-order valence-corrected chi connectivity index (χ2v) is 4.27. The Hall–Kier alpha value is -2.44. The molecule has 2 unspecified atom stereocenters. The monoisotopic (exact) mass is 263 g/mol. The first-order valence-corrected chi connectivity index (χ1v) is 5.78. The van der Waals surface area contributed by atoms with Crippen LogP contribution in [-0.4, -0.2) is 32.6 Å². The van der Waals surface area contributed by atoms with Crippen LogP contribution in [0.15, 0.2) is 35.4 Å². The van der Waals surface area contributed by atoms with Crippen LogP contribution < -0.4 is 11.0 Å². The smallest absolute Gasteiger partial charge is 0.347 e. The molecule has 1 aromatic rings. The second kappa shape index (κ2) is 5.47. The van der Waals surface area contributed by atoms with Crippen molar-refractivity contribution in [3.8, 4) is 0 Å². The van der Waals surface area contributed by atoms with Gasteiger partial charge in [-0.25, -0.2) is 9.78 Å². The van der Waals surface area contributed by atoms with E-state index >= 15 is 0 Å². The number of carboxylic acid groups (broad SMARTS) is 1. The fourth-order valence-corrected chi connectivity index (χ4v) is 1.90. The van der Waals surface area contributed by atoms with Crippen molar-refractivity contribution in [2.45, 2.75) is 19.0 Å². The lowest BCUT2D eigenvalue weighted by atomic mass is 10.1. The van der Waals surface area contributed by atoms with Crippen LogP contribution in [0.25, 0.3) is 0 Å². The standard InChI is InChI=1S/C12H13N3O4/c16-10(7-15-5-1-4-13-12(15)19)14-9-3-2-8(6-9)11(17)18/h1-5,8-9H,6-7H2,(H,14,16)(H,17,18). The highest BCUT2D eigenvalue weighted by Crippen LogP contribution is 2.17. The summed E-state index contributed by atoms with van der Waals surface area (Å²) in [5.74, 6) is -1.82. The van der Waals surface area contributed by atoms with Crippen molar-refractivity contribution in [3.63, 3.8) is 0 Å². The highest BCUT2D eigenvalue weighted by atomic mass is 16.4. The first-order chi connectivity index (χ1) is 9.06. The Kier molecular flexibility index (Phi) is 3.74. The summed E-state index contributed by atoms with van der Waals surface area (Å²) in [6.45, 7) is -0.130. The third-order valence-electron chi connectivity index (χ3n) is 2.84. The number of rotatable bonds is 4. The molecule has 0 aliphatic heterocycles. The SMILES string of the molecule is O=C(Cn1cccnc1=O)NC1C=CC(C(=O)O)C1. The van der Waals surface area contributed by atoms with E-state index in [0.717, 1.165) is 0 Å². The summed E-state index contributed by atoms with van der Waals surface area (Å²) >= 11 is 0. The molecule has 0 spiro atoms. The number of hydrogen-bond acceptors (Lipinski definition) is 4. The molecule has 1 aliphatic rings. The lowest BCUT2D eigenvalue weighted by molar-refractivity contribution is -0.140. The first kappa shape index (κ1) is 13.0. The van der Waals surface area contributed by atoms with Crippen LogP contribution in [0.5, 0.6) is 0 Å². The second-order valence-electron chi connectivity index (χ2n) is 4.27. The van der Waals surface area contributed by atoms with E-state index in [1.54, 1.807) is 18.2 Å². The minimum absolute atomic E-state index is 0.130. The maximum Gasteiger partial charge on any atom is 0.347 e. The number of hydrogen-bond donors (Lipinski definition) is 2. The zero-order valence-corrected chi connectivity index (χ0v) is 10.0. The van der Waals surface area contributed by atoms with E-state index in [-0.39, 0.29) is 18.5 Å². The summed E-state index contributed by atoms with van der Waals surface area (Å²) in [5, 5.41) is 11.5. The number of aliphatic carboxylic acids is 1. The molecule has 1 amide bonds. The third kappa shape index (κ3) is 3.27. The molecule has 1 aromatic heterocycles. The number of nitrogens with zero attached hydrogens (tertiary/aromatic N) is 2. The Morgan fingerprint density at radius 2 is 2.26 bits per heavy atom. The van der Waals surface area contributed by atoms with Crippen LogP contribution in [0.4, 0.5) is 0 Å². The summed E-state index contributed by atoms with van der Waals surface area (Å²) in [6, 6.07) is 1.26. The number of nitrogens with one attached hydrogen (secondary N) is 1. The van der Waals surface area contributed by atoms with E-state index in [0.29, 0.717) is 6.42 Å². The van der Waals surface area contributed by atoms with E-state index in [4.69, 9.17) is 5.11 Å². The van der Waals surface area contributed by atoms with Gasteiger partial charge in [0.05, 0.1) is 5.92 Å². The molecule has 2 N–H and O–H groups in total. The minimum atomic E-state index is -0.906. The summed E-state index contributed by atoms with van der Waals surface area (Å²) in [4.78, 5) is 37.3. The van der Waals surface area contributed by atoms with Crippen LogP contribution in [0.2, 0.25) is 0 Å². The van der Waals surface area contributed by atoms with E-state index in [1.807, 2.05) is 0 Å². The fraction of sp³-hybridized carbons (Fsp3) is 0.333. The Labute approximate surface area is 108 Å². The molecule has 0 fully saturated rings. The van der Waals surface area contributed by atoms with Crippen molar-refractivity contribution in [2.24, 2.45) is 5.92 Å². The van der Waals surface area contributed by atoms with Crippen molar-refractivity contribution in [1.29, 1.82) is 0 Å². The fourth-order valence-electron chi connectivity index (χ4n) is 1.90. The molecule has 0 saturated heterocycles. The highest BCUT2D eigenvalue weighted by Gasteiger charge is 2.25. The highest BCUT2D eigenvalue weighted by molar-refractivity contribution is 5.77. The van der Waals surface area contributed by atoms with Crippen molar-refractivity contribution >= 4 is 11.9 Å². The van der Waals surface area contributed by atoms with E-state index < -0.39 is 17.6 Å². The molecule has 1 aliphatic carbocycles. The molecular formula is C12H13N3O4. The molecule has 0 bridgehead atoms. The van der Waals surface area contributed by atoms with E-state index in [9.17, 15) is 14.4 Å². The molecule has 7 heteroatoms. The van der Waals surface area contributed by atoms with Gasteiger partial charge in [-0.15, -0.1) is 0 Å². The Morgan fingerprint density at radius 3 is 2.89 bits per heavy atom. The largest absolute Gasteiger partial charge is 0.481 e. The van der Waals surface area contributed by atoms with Crippen LogP contribution in [0, 0.1) is 5.92 Å². The summed E-state index contributed by atoms with van der Waals surface area (Å²) in [7, 11) is 0. The van der Waals surface area contributed by atoms with Crippen LogP contribution in [-0.2, 0) is 16.1 Å². The van der Waals surface area contributed by atoms with Crippen LogP contribution in [0.1, 0.15) is 6.42 Å². The zero-order valence-electron chi connectivity index (χ0n) is 10.0. The lowest BCUT2D eigenvalue weighted by Crippen LogP contribution is -2.38. The Balaban J connectivity index is 1.90. The maximum atomic E-state index is 11.7. The van der Waals surface area contributed by atoms with E-state index in [1.165, 1.54) is 17.0 Å². The quantitative estimate of drug-likeness (QED) is 0.705. The number of carbonyl (C=O) groups excluding carboxylic acids is 1. The van der Waals surface area contributed by atoms with Gasteiger partial charge in [0.15, 0.2) is 0 Å². The Bertz CT molecular complexity index is 578. The van der Waals surface area contributed by atoms with Crippen molar-refractivity contribution in [1.82, 2.24) is 14.9 Å². The van der Waals surface area contributed by atoms with Crippen molar-refractivity contribution < 1.29 is 14.7 Å². The molecule has 1 heterocycles. The molecule has 19 heavy (non-hydrogen) atoms. The molecule has 0 saturated carbocycles. The normalized spacial score (nSPS) is 21.3. The van der Waals surface area contributed by atoms with E-state index in [2.05, 4.69) is 10.3 Å². The van der Waals surface area contributed by atoms with Gasteiger partial charge in [-0.3, -0.25) is 14.2 Å². The number of aromatic nitrogens is 2. The summed E-state index contributed by atoms with van der Waals surface area (Å²) in [5.41, 5.74) is -0.497. The molecule has 0 aromatic carbocycles. The van der Waals surface area contributed by atoms with Gasteiger partial charge in [0, 0.05) is 18.4 Å². The zero-order chi connectivity index (χ0) is 13.8. The molecule has 2 atom stereocenters. The van der Waals surface area contributed by atoms with Gasteiger partial charge in [-0.1, -0.05) is 12.2 Å². The average Bonchev–Trinajstić information content (AvgIpc) is 2.80. The molecule has 0 radical (unpaired) electrons.